The second-order valence-electron chi connectivity index (χ2n) is 6.02. The molecule has 0 fully saturated rings. The molecule has 0 bridgehead atoms. The van der Waals surface area contributed by atoms with Gasteiger partial charge in [-0.15, -0.1) is 0 Å². The average molecular weight is 261 g/mol. The number of nitrogens with one attached hydrogen (secondary N) is 2. The van der Waals surface area contributed by atoms with Crippen molar-refractivity contribution in [1.29, 1.82) is 0 Å². The second-order valence-corrected chi connectivity index (χ2v) is 6.02. The van der Waals surface area contributed by atoms with E-state index < -0.39 is 0 Å². The minimum absolute atomic E-state index is 0.0190. The summed E-state index contributed by atoms with van der Waals surface area (Å²) in [6.07, 6.45) is 0.936. The van der Waals surface area contributed by atoms with E-state index in [-0.39, 0.29) is 11.6 Å². The van der Waals surface area contributed by atoms with Crippen molar-refractivity contribution in [2.24, 2.45) is 0 Å². The summed E-state index contributed by atoms with van der Waals surface area (Å²) in [5, 5.41) is 6.34. The maximum absolute atomic E-state index is 12.4. The molecule has 1 heterocycles. The van der Waals surface area contributed by atoms with Gasteiger partial charge in [0.25, 0.3) is 0 Å². The van der Waals surface area contributed by atoms with Crippen LogP contribution in [0.4, 0.5) is 10.5 Å². The summed E-state index contributed by atoms with van der Waals surface area (Å²) in [5.41, 5.74) is 1.99. The molecular formula is C15H23N3O. The highest BCUT2D eigenvalue weighted by atomic mass is 16.2. The van der Waals surface area contributed by atoms with Crippen LogP contribution in [0.15, 0.2) is 24.3 Å². The summed E-state index contributed by atoms with van der Waals surface area (Å²) in [7, 11) is 1.96. The molecule has 4 heteroatoms. The van der Waals surface area contributed by atoms with E-state index in [2.05, 4.69) is 16.7 Å². The van der Waals surface area contributed by atoms with E-state index in [4.69, 9.17) is 0 Å². The Kier molecular flexibility index (Phi) is 3.80. The van der Waals surface area contributed by atoms with Gasteiger partial charge in [0.05, 0.1) is 5.69 Å². The monoisotopic (exact) mass is 261 g/mol. The van der Waals surface area contributed by atoms with Gasteiger partial charge in [-0.1, -0.05) is 18.2 Å². The van der Waals surface area contributed by atoms with E-state index in [9.17, 15) is 4.79 Å². The van der Waals surface area contributed by atoms with Crippen molar-refractivity contribution in [2.45, 2.75) is 38.8 Å². The molecule has 0 aliphatic carbocycles. The molecule has 2 amide bonds. The van der Waals surface area contributed by atoms with Gasteiger partial charge in [0, 0.05) is 18.1 Å². The number of hydrogen-bond acceptors (Lipinski definition) is 2. The lowest BCUT2D eigenvalue weighted by Crippen LogP contribution is -2.50. The first-order chi connectivity index (χ1) is 8.92. The number of anilines is 1. The van der Waals surface area contributed by atoms with E-state index in [1.807, 2.05) is 50.9 Å². The number of carbonyl (C=O) groups is 1. The van der Waals surface area contributed by atoms with Crippen LogP contribution in [0.25, 0.3) is 0 Å². The largest absolute Gasteiger partial charge is 0.333 e. The molecule has 0 radical (unpaired) electrons. The van der Waals surface area contributed by atoms with Crippen LogP contribution >= 0.6 is 0 Å². The van der Waals surface area contributed by atoms with Crippen LogP contribution in [0.3, 0.4) is 0 Å². The number of hydrogen-bond donors (Lipinski definition) is 2. The summed E-state index contributed by atoms with van der Waals surface area (Å²) >= 11 is 0. The third-order valence-corrected chi connectivity index (χ3v) is 3.32. The molecule has 0 aromatic heterocycles. The highest BCUT2D eigenvalue weighted by Gasteiger charge is 2.29. The molecule has 2 N–H and O–H groups in total. The van der Waals surface area contributed by atoms with Crippen LogP contribution in [0.1, 0.15) is 38.8 Å². The van der Waals surface area contributed by atoms with Gasteiger partial charge in [0.15, 0.2) is 0 Å². The second kappa shape index (κ2) is 5.21. The van der Waals surface area contributed by atoms with E-state index >= 15 is 0 Å². The molecule has 0 saturated carbocycles. The number of rotatable bonds is 1. The number of nitrogens with zero attached hydrogens (tertiary/aromatic N) is 1. The zero-order valence-corrected chi connectivity index (χ0v) is 12.2. The normalized spacial score (nSPS) is 18.9. The third kappa shape index (κ3) is 3.07. The Morgan fingerprint density at radius 2 is 2.00 bits per heavy atom. The quantitative estimate of drug-likeness (QED) is 0.816. The first-order valence-electron chi connectivity index (χ1n) is 6.78. The van der Waals surface area contributed by atoms with E-state index in [0.29, 0.717) is 6.04 Å². The van der Waals surface area contributed by atoms with Crippen molar-refractivity contribution in [1.82, 2.24) is 10.6 Å². The van der Waals surface area contributed by atoms with Gasteiger partial charge in [-0.2, -0.15) is 0 Å². The van der Waals surface area contributed by atoms with Crippen molar-refractivity contribution in [2.75, 3.05) is 18.5 Å². The highest BCUT2D eigenvalue weighted by molar-refractivity contribution is 5.93. The summed E-state index contributed by atoms with van der Waals surface area (Å²) in [6.45, 7) is 6.73. The highest BCUT2D eigenvalue weighted by Crippen LogP contribution is 2.33. The smallest absolute Gasteiger partial charge is 0.322 e. The number of para-hydroxylation sites is 1. The van der Waals surface area contributed by atoms with E-state index in [1.165, 1.54) is 5.56 Å². The lowest BCUT2D eigenvalue weighted by atomic mass is 9.96. The maximum atomic E-state index is 12.4. The van der Waals surface area contributed by atoms with Crippen molar-refractivity contribution in [3.63, 3.8) is 0 Å². The Bertz CT molecular complexity index is 465. The molecule has 0 saturated heterocycles. The van der Waals surface area contributed by atoms with Crippen molar-refractivity contribution in [3.8, 4) is 0 Å². The zero-order valence-electron chi connectivity index (χ0n) is 12.2. The molecule has 2 rings (SSSR count). The van der Waals surface area contributed by atoms with Crippen LogP contribution in [0.5, 0.6) is 0 Å². The molecule has 4 nitrogen and oxygen atoms in total. The lowest BCUT2D eigenvalue weighted by Gasteiger charge is -2.36. The minimum atomic E-state index is -0.216. The molecule has 1 aromatic rings. The molecule has 1 aliphatic rings. The fourth-order valence-corrected chi connectivity index (χ4v) is 2.46. The zero-order chi connectivity index (χ0) is 14.0. The van der Waals surface area contributed by atoms with Gasteiger partial charge in [-0.3, -0.25) is 4.90 Å². The van der Waals surface area contributed by atoms with Crippen LogP contribution < -0.4 is 15.5 Å². The van der Waals surface area contributed by atoms with Gasteiger partial charge in [0.1, 0.15) is 0 Å². The number of amides is 2. The molecule has 0 spiro atoms. The Morgan fingerprint density at radius 3 is 2.63 bits per heavy atom. The predicted molar refractivity (Wildman–Crippen MR) is 78.5 cm³/mol. The fourth-order valence-electron chi connectivity index (χ4n) is 2.46. The van der Waals surface area contributed by atoms with Crippen molar-refractivity contribution in [3.05, 3.63) is 29.8 Å². The first-order valence-corrected chi connectivity index (χ1v) is 6.78. The summed E-state index contributed by atoms with van der Waals surface area (Å²) in [6, 6.07) is 8.42. The van der Waals surface area contributed by atoms with Gasteiger partial charge in [0.2, 0.25) is 0 Å². The molecule has 1 aromatic carbocycles. The summed E-state index contributed by atoms with van der Waals surface area (Å²) in [4.78, 5) is 14.2. The van der Waals surface area contributed by atoms with Crippen LogP contribution in [0, 0.1) is 0 Å². The molecule has 1 unspecified atom stereocenters. The number of fused-ring (bicyclic) bond motifs is 1. The topological polar surface area (TPSA) is 44.4 Å². The van der Waals surface area contributed by atoms with Gasteiger partial charge >= 0.3 is 6.03 Å². The third-order valence-electron chi connectivity index (χ3n) is 3.32. The number of benzene rings is 1. The molecular weight excluding hydrogens is 238 g/mol. The Hall–Kier alpha value is -1.55. The maximum Gasteiger partial charge on any atom is 0.322 e. The van der Waals surface area contributed by atoms with Crippen molar-refractivity contribution < 1.29 is 4.79 Å². The van der Waals surface area contributed by atoms with Gasteiger partial charge < -0.3 is 10.6 Å². The molecule has 1 aliphatic heterocycles. The summed E-state index contributed by atoms with van der Waals surface area (Å²) in [5.74, 6) is 0. The Morgan fingerprint density at radius 1 is 1.32 bits per heavy atom. The SMILES string of the molecule is CNC1CCN(C(=O)NC(C)(C)C)c2ccccc21. The van der Waals surface area contributed by atoms with Crippen LogP contribution in [0.2, 0.25) is 0 Å². The van der Waals surface area contributed by atoms with Gasteiger partial charge in [-0.25, -0.2) is 4.79 Å². The molecule has 104 valence electrons. The predicted octanol–water partition coefficient (Wildman–Crippen LogP) is 2.67. The summed E-state index contributed by atoms with van der Waals surface area (Å²) < 4.78 is 0. The molecule has 1 atom stereocenters. The minimum Gasteiger partial charge on any atom is -0.333 e. The average Bonchev–Trinajstić information content (AvgIpc) is 2.35. The van der Waals surface area contributed by atoms with Crippen molar-refractivity contribution >= 4 is 11.7 Å². The van der Waals surface area contributed by atoms with E-state index in [1.54, 1.807) is 0 Å². The molecule has 19 heavy (non-hydrogen) atoms. The number of carbonyl (C=O) groups excluding carboxylic acids is 1. The lowest BCUT2D eigenvalue weighted by molar-refractivity contribution is 0.236. The Balaban J connectivity index is 2.27. The number of urea groups is 1. The Labute approximate surface area is 115 Å². The first kappa shape index (κ1) is 13.9. The van der Waals surface area contributed by atoms with E-state index in [0.717, 1.165) is 18.7 Å². The van der Waals surface area contributed by atoms with Gasteiger partial charge in [-0.05, 0) is 45.9 Å². The fraction of sp³-hybridized carbons (Fsp3) is 0.533. The standard InChI is InChI=1S/C15H23N3O/c1-15(2,3)17-14(19)18-10-9-12(16-4)11-7-5-6-8-13(11)18/h5-8,12,16H,9-10H2,1-4H3,(H,17,19). The van der Waals surface area contributed by atoms with Crippen LogP contribution in [-0.2, 0) is 0 Å². The van der Waals surface area contributed by atoms with Crippen LogP contribution in [-0.4, -0.2) is 25.2 Å².